The molecule has 0 heterocycles. The monoisotopic (exact) mass is 240 g/mol. The number of carbonyl (C=O) groups is 2. The highest BCUT2D eigenvalue weighted by molar-refractivity contribution is 5.84. The molecule has 1 N–H and O–H groups in total. The van der Waals surface area contributed by atoms with Crippen LogP contribution in [0.25, 0.3) is 0 Å². The molecule has 0 aromatic heterocycles. The van der Waals surface area contributed by atoms with Crippen molar-refractivity contribution in [3.63, 3.8) is 0 Å². The molecule has 0 aromatic carbocycles. The minimum Gasteiger partial charge on any atom is -0.352 e. The van der Waals surface area contributed by atoms with Gasteiger partial charge < -0.3 is 10.2 Å². The number of hydrogen-bond acceptors (Lipinski definition) is 2. The van der Waals surface area contributed by atoms with E-state index in [2.05, 4.69) is 5.32 Å². The van der Waals surface area contributed by atoms with Crippen molar-refractivity contribution in [2.75, 3.05) is 6.54 Å². The van der Waals surface area contributed by atoms with Gasteiger partial charge in [-0.3, -0.25) is 9.59 Å². The lowest BCUT2D eigenvalue weighted by Crippen LogP contribution is -2.46. The molecule has 1 rings (SSSR count). The van der Waals surface area contributed by atoms with Gasteiger partial charge in [-0.1, -0.05) is 19.8 Å². The molecule has 1 unspecified atom stereocenters. The Kier molecular flexibility index (Phi) is 5.45. The topological polar surface area (TPSA) is 49.4 Å². The third-order valence-corrected chi connectivity index (χ3v) is 3.56. The fourth-order valence-corrected chi connectivity index (χ4v) is 2.30. The standard InChI is InChI=1S/C13H24N2O2/c1-4-10(2)15(11(3)16)9-13(17)14-12-7-5-6-8-12/h10,12H,4-9H2,1-3H3,(H,14,17). The van der Waals surface area contributed by atoms with Crippen molar-refractivity contribution in [1.29, 1.82) is 0 Å². The van der Waals surface area contributed by atoms with E-state index in [-0.39, 0.29) is 24.4 Å². The molecule has 0 saturated heterocycles. The Bertz CT molecular complexity index is 273. The maximum Gasteiger partial charge on any atom is 0.239 e. The molecule has 0 aliphatic heterocycles. The summed E-state index contributed by atoms with van der Waals surface area (Å²) in [5.41, 5.74) is 0. The van der Waals surface area contributed by atoms with Gasteiger partial charge >= 0.3 is 0 Å². The number of rotatable bonds is 5. The van der Waals surface area contributed by atoms with Crippen molar-refractivity contribution >= 4 is 11.8 Å². The van der Waals surface area contributed by atoms with Crippen molar-refractivity contribution in [2.24, 2.45) is 0 Å². The first-order valence-electron chi connectivity index (χ1n) is 6.61. The molecular weight excluding hydrogens is 216 g/mol. The predicted octanol–water partition coefficient (Wildman–Crippen LogP) is 1.69. The van der Waals surface area contributed by atoms with Gasteiger partial charge in [0.1, 0.15) is 0 Å². The second kappa shape index (κ2) is 6.62. The predicted molar refractivity (Wildman–Crippen MR) is 67.5 cm³/mol. The SMILES string of the molecule is CCC(C)N(CC(=O)NC1CCCC1)C(C)=O. The Morgan fingerprint density at radius 3 is 2.41 bits per heavy atom. The Morgan fingerprint density at radius 1 is 1.35 bits per heavy atom. The van der Waals surface area contributed by atoms with Gasteiger partial charge in [0.15, 0.2) is 0 Å². The largest absolute Gasteiger partial charge is 0.352 e. The molecule has 0 bridgehead atoms. The van der Waals surface area contributed by atoms with E-state index < -0.39 is 0 Å². The molecular formula is C13H24N2O2. The molecule has 98 valence electrons. The van der Waals surface area contributed by atoms with Gasteiger partial charge in [0.2, 0.25) is 11.8 Å². The summed E-state index contributed by atoms with van der Waals surface area (Å²) in [6.45, 7) is 5.72. The Hall–Kier alpha value is -1.06. The summed E-state index contributed by atoms with van der Waals surface area (Å²) in [4.78, 5) is 24.9. The van der Waals surface area contributed by atoms with E-state index in [1.54, 1.807) is 4.90 Å². The van der Waals surface area contributed by atoms with Crippen LogP contribution in [0.2, 0.25) is 0 Å². The van der Waals surface area contributed by atoms with Gasteiger partial charge in [0.05, 0.1) is 6.54 Å². The summed E-state index contributed by atoms with van der Waals surface area (Å²) in [6, 6.07) is 0.454. The summed E-state index contributed by atoms with van der Waals surface area (Å²) >= 11 is 0. The smallest absolute Gasteiger partial charge is 0.239 e. The van der Waals surface area contributed by atoms with Gasteiger partial charge in [-0.05, 0) is 26.2 Å². The summed E-state index contributed by atoms with van der Waals surface area (Å²) in [7, 11) is 0. The molecule has 1 atom stereocenters. The number of carbonyl (C=O) groups excluding carboxylic acids is 2. The van der Waals surface area contributed by atoms with Gasteiger partial charge in [-0.15, -0.1) is 0 Å². The molecule has 4 nitrogen and oxygen atoms in total. The first-order valence-corrected chi connectivity index (χ1v) is 6.61. The second-order valence-electron chi connectivity index (χ2n) is 4.95. The van der Waals surface area contributed by atoms with Crippen LogP contribution < -0.4 is 5.32 Å². The molecule has 0 radical (unpaired) electrons. The van der Waals surface area contributed by atoms with Gasteiger partial charge in [0.25, 0.3) is 0 Å². The number of hydrogen-bond donors (Lipinski definition) is 1. The van der Waals surface area contributed by atoms with Crippen molar-refractivity contribution in [1.82, 2.24) is 10.2 Å². The van der Waals surface area contributed by atoms with Crippen LogP contribution in [-0.4, -0.2) is 35.3 Å². The van der Waals surface area contributed by atoms with Gasteiger partial charge in [0, 0.05) is 19.0 Å². The molecule has 1 aliphatic rings. The summed E-state index contributed by atoms with van der Waals surface area (Å²) in [6.07, 6.45) is 5.43. The minimum absolute atomic E-state index is 0.0209. The van der Waals surface area contributed by atoms with E-state index in [0.717, 1.165) is 19.3 Å². The van der Waals surface area contributed by atoms with Crippen molar-refractivity contribution < 1.29 is 9.59 Å². The molecule has 4 heteroatoms. The lowest BCUT2D eigenvalue weighted by atomic mass is 10.2. The molecule has 1 aliphatic carbocycles. The van der Waals surface area contributed by atoms with Crippen LogP contribution in [0.1, 0.15) is 52.9 Å². The maximum absolute atomic E-state index is 11.8. The van der Waals surface area contributed by atoms with E-state index in [1.807, 2.05) is 13.8 Å². The average Bonchev–Trinajstić information content (AvgIpc) is 2.77. The van der Waals surface area contributed by atoms with Crippen molar-refractivity contribution in [2.45, 2.75) is 65.0 Å². The highest BCUT2D eigenvalue weighted by Gasteiger charge is 2.21. The van der Waals surface area contributed by atoms with Gasteiger partial charge in [-0.25, -0.2) is 0 Å². The summed E-state index contributed by atoms with van der Waals surface area (Å²) in [5.74, 6) is -0.0479. The molecule has 17 heavy (non-hydrogen) atoms. The quantitative estimate of drug-likeness (QED) is 0.795. The highest BCUT2D eigenvalue weighted by Crippen LogP contribution is 2.17. The van der Waals surface area contributed by atoms with E-state index in [4.69, 9.17) is 0 Å². The number of nitrogens with zero attached hydrogens (tertiary/aromatic N) is 1. The van der Waals surface area contributed by atoms with Crippen LogP contribution in [-0.2, 0) is 9.59 Å². The van der Waals surface area contributed by atoms with Crippen LogP contribution in [0.15, 0.2) is 0 Å². The Morgan fingerprint density at radius 2 is 1.94 bits per heavy atom. The van der Waals surface area contributed by atoms with Crippen LogP contribution >= 0.6 is 0 Å². The average molecular weight is 240 g/mol. The first kappa shape index (κ1) is 14.0. The second-order valence-corrected chi connectivity index (χ2v) is 4.95. The van der Waals surface area contributed by atoms with E-state index >= 15 is 0 Å². The lowest BCUT2D eigenvalue weighted by Gasteiger charge is -2.27. The maximum atomic E-state index is 11.8. The summed E-state index contributed by atoms with van der Waals surface area (Å²) in [5, 5.41) is 3.01. The highest BCUT2D eigenvalue weighted by atomic mass is 16.2. The van der Waals surface area contributed by atoms with Crippen LogP contribution in [0.4, 0.5) is 0 Å². The van der Waals surface area contributed by atoms with Gasteiger partial charge in [-0.2, -0.15) is 0 Å². The number of nitrogens with one attached hydrogen (secondary N) is 1. The Labute approximate surface area is 104 Å². The zero-order valence-electron chi connectivity index (χ0n) is 11.2. The van der Waals surface area contributed by atoms with Crippen LogP contribution in [0.5, 0.6) is 0 Å². The molecule has 0 spiro atoms. The van der Waals surface area contributed by atoms with Crippen LogP contribution in [0, 0.1) is 0 Å². The lowest BCUT2D eigenvalue weighted by molar-refractivity contribution is -0.136. The first-order chi connectivity index (χ1) is 8.04. The molecule has 0 aromatic rings. The third kappa shape index (κ3) is 4.36. The third-order valence-electron chi connectivity index (χ3n) is 3.56. The number of amides is 2. The van der Waals surface area contributed by atoms with E-state index in [9.17, 15) is 9.59 Å². The van der Waals surface area contributed by atoms with Crippen molar-refractivity contribution in [3.05, 3.63) is 0 Å². The molecule has 1 saturated carbocycles. The zero-order chi connectivity index (χ0) is 12.8. The molecule has 2 amide bonds. The minimum atomic E-state index is -0.0269. The summed E-state index contributed by atoms with van der Waals surface area (Å²) < 4.78 is 0. The normalized spacial score (nSPS) is 17.8. The van der Waals surface area contributed by atoms with Crippen molar-refractivity contribution in [3.8, 4) is 0 Å². The van der Waals surface area contributed by atoms with Crippen LogP contribution in [0.3, 0.4) is 0 Å². The zero-order valence-corrected chi connectivity index (χ0v) is 11.2. The fourth-order valence-electron chi connectivity index (χ4n) is 2.30. The fraction of sp³-hybridized carbons (Fsp3) is 0.846. The Balaban J connectivity index is 2.43. The van der Waals surface area contributed by atoms with E-state index in [0.29, 0.717) is 6.04 Å². The molecule has 1 fully saturated rings. The van der Waals surface area contributed by atoms with E-state index in [1.165, 1.54) is 19.8 Å².